The van der Waals surface area contributed by atoms with Crippen LogP contribution < -0.4 is 50.0 Å². The number of hydrogen-bond acceptors (Lipinski definition) is 11. The average Bonchev–Trinajstić information content (AvgIpc) is 3.86. The molecule has 0 spiro atoms. The monoisotopic (exact) mass is 856 g/mol. The van der Waals surface area contributed by atoms with E-state index < -0.39 is 24.2 Å². The number of nitrogens with zero attached hydrogens (tertiary/aromatic N) is 2. The Bertz CT molecular complexity index is 2480. The molecule has 4 amide bonds. The maximum absolute atomic E-state index is 13.0. The number of hydrogen-bond donors (Lipinski definition) is 5. The standard InChI is InChI=1S/C48H52N6O9/c1-29-14-43(60-4)45(21-38(29)49-23-37-19-34-10-6-8-12-40(34)53(37)27-56)62-24-32-16-33(18-36(17-32)51-47(58)31(3)50-26-55)25-63-46-22-39(30(2)15-44(46)61-5)52-48(59)42-20-35-11-7-9-13-41(35)54(42)28-57/h6-18,21-22,26-28,31,37,42,48-49,52,59H,19-20,23-25H2,1-5H3,(H,50,55)(H,51,58)/t31?,37?,42?,48-/m1/s1. The maximum Gasteiger partial charge on any atom is 0.246 e. The van der Waals surface area contributed by atoms with Crippen molar-refractivity contribution >= 4 is 53.6 Å². The molecule has 15 nitrogen and oxygen atoms in total. The van der Waals surface area contributed by atoms with Crippen molar-refractivity contribution in [1.82, 2.24) is 5.32 Å². The van der Waals surface area contributed by atoms with Crippen LogP contribution in [0, 0.1) is 13.8 Å². The predicted octanol–water partition coefficient (Wildman–Crippen LogP) is 5.87. The molecule has 328 valence electrons. The molecule has 7 rings (SSSR count). The Labute approximate surface area is 366 Å². The molecule has 0 aliphatic carbocycles. The topological polar surface area (TPSA) is 180 Å². The first kappa shape index (κ1) is 43.8. The Morgan fingerprint density at radius 2 is 1.30 bits per heavy atom. The lowest BCUT2D eigenvalue weighted by Gasteiger charge is -2.28. The van der Waals surface area contributed by atoms with Crippen LogP contribution in [-0.4, -0.2) is 75.4 Å². The molecule has 0 saturated carbocycles. The van der Waals surface area contributed by atoms with Crippen molar-refractivity contribution in [1.29, 1.82) is 0 Å². The van der Waals surface area contributed by atoms with Crippen molar-refractivity contribution in [3.8, 4) is 23.0 Å². The zero-order valence-corrected chi connectivity index (χ0v) is 35.8. The van der Waals surface area contributed by atoms with Gasteiger partial charge in [0.1, 0.15) is 25.5 Å². The highest BCUT2D eigenvalue weighted by atomic mass is 16.5. The minimum absolute atomic E-state index is 0.0435. The number of para-hydroxylation sites is 2. The number of amides is 4. The second-order valence-electron chi connectivity index (χ2n) is 15.6. The van der Waals surface area contributed by atoms with Crippen LogP contribution in [0.4, 0.5) is 28.4 Å². The summed E-state index contributed by atoms with van der Waals surface area (Å²) in [6, 6.07) is 26.8. The van der Waals surface area contributed by atoms with Crippen LogP contribution in [0.3, 0.4) is 0 Å². The summed E-state index contributed by atoms with van der Waals surface area (Å²) in [4.78, 5) is 51.6. The number of aryl methyl sites for hydroxylation is 2. The lowest BCUT2D eigenvalue weighted by molar-refractivity contribution is -0.120. The fourth-order valence-electron chi connectivity index (χ4n) is 8.08. The molecular formula is C48H52N6O9. The Kier molecular flexibility index (Phi) is 13.7. The van der Waals surface area contributed by atoms with Crippen LogP contribution >= 0.6 is 0 Å². The Morgan fingerprint density at radius 3 is 1.89 bits per heavy atom. The smallest absolute Gasteiger partial charge is 0.246 e. The quantitative estimate of drug-likeness (QED) is 0.0467. The molecule has 3 unspecified atom stereocenters. The molecular weight excluding hydrogens is 805 g/mol. The van der Waals surface area contributed by atoms with E-state index in [4.69, 9.17) is 18.9 Å². The number of aliphatic hydroxyl groups excluding tert-OH is 1. The van der Waals surface area contributed by atoms with Crippen molar-refractivity contribution < 1.29 is 43.2 Å². The Morgan fingerprint density at radius 1 is 0.746 bits per heavy atom. The average molecular weight is 857 g/mol. The van der Waals surface area contributed by atoms with Gasteiger partial charge < -0.3 is 55.1 Å². The van der Waals surface area contributed by atoms with E-state index in [1.54, 1.807) is 43.2 Å². The van der Waals surface area contributed by atoms with Gasteiger partial charge in [0.25, 0.3) is 0 Å². The molecule has 0 bridgehead atoms. The third-order valence-electron chi connectivity index (χ3n) is 11.4. The van der Waals surface area contributed by atoms with E-state index >= 15 is 0 Å². The van der Waals surface area contributed by atoms with Gasteiger partial charge in [-0.2, -0.15) is 0 Å². The van der Waals surface area contributed by atoms with Crippen molar-refractivity contribution in [3.05, 3.63) is 124 Å². The molecule has 0 saturated heterocycles. The lowest BCUT2D eigenvalue weighted by Crippen LogP contribution is -2.44. The largest absolute Gasteiger partial charge is 0.493 e. The third-order valence-corrected chi connectivity index (χ3v) is 11.4. The van der Waals surface area contributed by atoms with Gasteiger partial charge in [0, 0.05) is 47.1 Å². The fraction of sp³-hybridized carbons (Fsp3) is 0.292. The van der Waals surface area contributed by atoms with Crippen LogP contribution in [-0.2, 0) is 45.2 Å². The number of benzene rings is 5. The van der Waals surface area contributed by atoms with E-state index in [0.717, 1.165) is 58.6 Å². The highest BCUT2D eigenvalue weighted by Gasteiger charge is 2.34. The predicted molar refractivity (Wildman–Crippen MR) is 241 cm³/mol. The first-order chi connectivity index (χ1) is 30.5. The number of aliphatic hydroxyl groups is 1. The van der Waals surface area contributed by atoms with E-state index in [2.05, 4.69) is 21.3 Å². The van der Waals surface area contributed by atoms with Gasteiger partial charge in [0.15, 0.2) is 23.0 Å². The summed E-state index contributed by atoms with van der Waals surface area (Å²) in [7, 11) is 3.11. The van der Waals surface area contributed by atoms with Crippen LogP contribution in [0.25, 0.3) is 0 Å². The number of carbonyl (C=O) groups excluding carboxylic acids is 4. The Balaban J connectivity index is 1.09. The molecule has 4 atom stereocenters. The number of nitrogens with one attached hydrogen (secondary N) is 4. The van der Waals surface area contributed by atoms with Gasteiger partial charge >= 0.3 is 0 Å². The summed E-state index contributed by atoms with van der Waals surface area (Å²) in [5.41, 5.74) is 8.73. The van der Waals surface area contributed by atoms with E-state index in [-0.39, 0.29) is 19.3 Å². The zero-order chi connectivity index (χ0) is 44.6. The molecule has 0 radical (unpaired) electrons. The summed E-state index contributed by atoms with van der Waals surface area (Å²) in [6.45, 7) is 6.06. The first-order valence-corrected chi connectivity index (χ1v) is 20.6. The maximum atomic E-state index is 13.0. The van der Waals surface area contributed by atoms with E-state index in [9.17, 15) is 24.3 Å². The minimum atomic E-state index is -1.10. The van der Waals surface area contributed by atoms with Crippen LogP contribution in [0.5, 0.6) is 23.0 Å². The lowest BCUT2D eigenvalue weighted by atomic mass is 10.1. The molecule has 5 aromatic rings. The summed E-state index contributed by atoms with van der Waals surface area (Å²) in [6.07, 6.45) is 2.20. The van der Waals surface area contributed by atoms with Crippen molar-refractivity contribution in [2.75, 3.05) is 46.5 Å². The van der Waals surface area contributed by atoms with Crippen molar-refractivity contribution in [2.24, 2.45) is 0 Å². The number of carbonyl (C=O) groups is 4. The van der Waals surface area contributed by atoms with E-state index in [1.807, 2.05) is 80.6 Å². The second kappa shape index (κ2) is 19.6. The van der Waals surface area contributed by atoms with Crippen LogP contribution in [0.1, 0.15) is 40.3 Å². The number of methoxy groups -OCH3 is 2. The number of anilines is 5. The molecule has 5 aromatic carbocycles. The highest BCUT2D eigenvalue weighted by molar-refractivity contribution is 5.95. The number of fused-ring (bicyclic) bond motifs is 2. The second-order valence-corrected chi connectivity index (χ2v) is 15.6. The molecule has 2 aliphatic heterocycles. The van der Waals surface area contributed by atoms with Gasteiger partial charge in [-0.05, 0) is 109 Å². The minimum Gasteiger partial charge on any atom is -0.493 e. The van der Waals surface area contributed by atoms with Gasteiger partial charge in [-0.25, -0.2) is 0 Å². The van der Waals surface area contributed by atoms with Gasteiger partial charge in [0.05, 0.1) is 26.3 Å². The normalized spacial score (nSPS) is 15.9. The first-order valence-electron chi connectivity index (χ1n) is 20.6. The molecule has 15 heteroatoms. The third kappa shape index (κ3) is 9.79. The molecule has 2 heterocycles. The molecule has 2 aliphatic rings. The van der Waals surface area contributed by atoms with E-state index in [1.165, 1.54) is 12.0 Å². The molecule has 5 N–H and O–H groups in total. The van der Waals surface area contributed by atoms with Gasteiger partial charge in [0.2, 0.25) is 25.1 Å². The number of rotatable bonds is 20. The van der Waals surface area contributed by atoms with Crippen LogP contribution in [0.15, 0.2) is 91.0 Å². The zero-order valence-electron chi connectivity index (χ0n) is 35.8. The summed E-state index contributed by atoms with van der Waals surface area (Å²) in [5.74, 6) is 1.43. The van der Waals surface area contributed by atoms with E-state index in [0.29, 0.717) is 64.9 Å². The Hall–Kier alpha value is -7.26. The van der Waals surface area contributed by atoms with Crippen molar-refractivity contribution in [3.63, 3.8) is 0 Å². The fourth-order valence-corrected chi connectivity index (χ4v) is 8.08. The number of ether oxygens (including phenoxy) is 4. The van der Waals surface area contributed by atoms with Gasteiger partial charge in [-0.1, -0.05) is 36.4 Å². The van der Waals surface area contributed by atoms with Gasteiger partial charge in [-0.15, -0.1) is 0 Å². The summed E-state index contributed by atoms with van der Waals surface area (Å²) >= 11 is 0. The molecule has 0 aromatic heterocycles. The molecule has 0 fully saturated rings. The molecule has 63 heavy (non-hydrogen) atoms. The highest BCUT2D eigenvalue weighted by Crippen LogP contribution is 2.38. The SMILES string of the molecule is COc1cc(C)c(NCC2Cc3ccccc3N2C=O)cc1OCc1cc(COc2cc(N[C@H](O)C3Cc4ccccc4N3C=O)c(C)cc2OC)cc(NC(=O)C(C)NC=O)c1. The summed E-state index contributed by atoms with van der Waals surface area (Å²) < 4.78 is 24.2. The van der Waals surface area contributed by atoms with Gasteiger partial charge in [-0.3, -0.25) is 19.2 Å². The van der Waals surface area contributed by atoms with Crippen LogP contribution in [0.2, 0.25) is 0 Å². The van der Waals surface area contributed by atoms with Crippen molar-refractivity contribution in [2.45, 2.75) is 71.2 Å². The summed E-state index contributed by atoms with van der Waals surface area (Å²) in [5, 5.41) is 23.4.